The van der Waals surface area contributed by atoms with Gasteiger partial charge in [-0.1, -0.05) is 19.9 Å². The van der Waals surface area contributed by atoms with Gasteiger partial charge in [0.1, 0.15) is 0 Å². The number of rotatable bonds is 7. The molecule has 0 spiro atoms. The number of pyridine rings is 1. The van der Waals surface area contributed by atoms with Crippen molar-refractivity contribution in [2.75, 3.05) is 7.11 Å². The Kier molecular flexibility index (Phi) is 7.08. The Morgan fingerprint density at radius 3 is 2.68 bits per heavy atom. The van der Waals surface area contributed by atoms with Crippen LogP contribution >= 0.6 is 0 Å². The van der Waals surface area contributed by atoms with Crippen molar-refractivity contribution in [2.45, 2.75) is 103 Å². The summed E-state index contributed by atoms with van der Waals surface area (Å²) >= 11 is 0. The summed E-state index contributed by atoms with van der Waals surface area (Å²) in [6.45, 7) is 6.20. The summed E-state index contributed by atoms with van der Waals surface area (Å²) in [7, 11) is 1.51. The van der Waals surface area contributed by atoms with Gasteiger partial charge in [0.15, 0.2) is 0 Å². The molecule has 4 nitrogen and oxygen atoms in total. The Bertz CT molecular complexity index is 843. The van der Waals surface area contributed by atoms with Gasteiger partial charge in [0.25, 0.3) is 0 Å². The minimum absolute atomic E-state index is 0.0419. The Hall–Kier alpha value is -1.42. The molecule has 0 aromatic carbocycles. The molecule has 0 amide bonds. The highest BCUT2D eigenvalue weighted by molar-refractivity contribution is 5.68. The maximum Gasteiger partial charge on any atom is 0.305 e. The summed E-state index contributed by atoms with van der Waals surface area (Å²) in [5.74, 6) is 4.41. The summed E-state index contributed by atoms with van der Waals surface area (Å²) in [5.41, 5.74) is 2.20. The molecule has 7 unspecified atom stereocenters. The standard InChI is InChI=1S/C30H46N2O2/c1-29-17-15-27-25(26(29)13-11-21(29)7-6-9-28(33)34-3)12-10-22-19-23(14-16-30(22,27)2)32-20-24-8-4-5-18-31-24/h4-5,8,18,21-23,25-27,32H,6-7,9-17,19-20H2,1-3H3/t21?,22?,23-,25?,26?,27?,29?,30?/m1/s1. The Morgan fingerprint density at radius 2 is 1.88 bits per heavy atom. The van der Waals surface area contributed by atoms with Crippen molar-refractivity contribution in [3.05, 3.63) is 30.1 Å². The van der Waals surface area contributed by atoms with E-state index in [2.05, 4.69) is 36.3 Å². The molecule has 0 saturated heterocycles. The van der Waals surface area contributed by atoms with Crippen LogP contribution in [-0.4, -0.2) is 24.1 Å². The van der Waals surface area contributed by atoms with Crippen molar-refractivity contribution in [1.29, 1.82) is 0 Å². The minimum Gasteiger partial charge on any atom is -0.469 e. The Morgan fingerprint density at radius 1 is 1.06 bits per heavy atom. The molecule has 8 atom stereocenters. The van der Waals surface area contributed by atoms with Crippen LogP contribution in [0.5, 0.6) is 0 Å². The lowest BCUT2D eigenvalue weighted by atomic mass is 9.44. The maximum absolute atomic E-state index is 11.6. The largest absolute Gasteiger partial charge is 0.469 e. The summed E-state index contributed by atoms with van der Waals surface area (Å²) in [6.07, 6.45) is 17.3. The van der Waals surface area contributed by atoms with Gasteiger partial charge in [0, 0.05) is 25.2 Å². The second-order valence-corrected chi connectivity index (χ2v) is 12.6. The highest BCUT2D eigenvalue weighted by atomic mass is 16.5. The van der Waals surface area contributed by atoms with Crippen LogP contribution in [0.1, 0.15) is 96.6 Å². The van der Waals surface area contributed by atoms with E-state index in [9.17, 15) is 4.79 Å². The fourth-order valence-corrected chi connectivity index (χ4v) is 9.37. The molecular weight excluding hydrogens is 420 g/mol. The topological polar surface area (TPSA) is 51.2 Å². The summed E-state index contributed by atoms with van der Waals surface area (Å²) in [5, 5.41) is 3.85. The van der Waals surface area contributed by atoms with Gasteiger partial charge < -0.3 is 10.1 Å². The summed E-state index contributed by atoms with van der Waals surface area (Å²) in [6, 6.07) is 6.87. The van der Waals surface area contributed by atoms with Crippen LogP contribution in [-0.2, 0) is 16.1 Å². The van der Waals surface area contributed by atoms with Crippen molar-refractivity contribution in [3.8, 4) is 0 Å². The lowest BCUT2D eigenvalue weighted by Crippen LogP contribution is -2.55. The van der Waals surface area contributed by atoms with Crippen LogP contribution in [0, 0.1) is 40.4 Å². The number of ether oxygens (including phenoxy) is 1. The molecule has 1 heterocycles. The first-order chi connectivity index (χ1) is 16.4. The first-order valence-electron chi connectivity index (χ1n) is 14.1. The highest BCUT2D eigenvalue weighted by Crippen LogP contribution is 2.67. The molecule has 188 valence electrons. The Labute approximate surface area is 207 Å². The summed E-state index contributed by atoms with van der Waals surface area (Å²) < 4.78 is 4.88. The van der Waals surface area contributed by atoms with E-state index in [1.165, 1.54) is 71.3 Å². The molecule has 5 rings (SSSR count). The fraction of sp³-hybridized carbons (Fsp3) is 0.800. The normalized spacial score (nSPS) is 41.3. The van der Waals surface area contributed by atoms with Crippen molar-refractivity contribution in [3.63, 3.8) is 0 Å². The van der Waals surface area contributed by atoms with E-state index >= 15 is 0 Å². The quantitative estimate of drug-likeness (QED) is 0.463. The van der Waals surface area contributed by atoms with Crippen LogP contribution < -0.4 is 5.32 Å². The van der Waals surface area contributed by atoms with Crippen molar-refractivity contribution in [1.82, 2.24) is 10.3 Å². The smallest absolute Gasteiger partial charge is 0.305 e. The number of hydrogen-bond donors (Lipinski definition) is 1. The van der Waals surface area contributed by atoms with Gasteiger partial charge in [-0.2, -0.15) is 0 Å². The zero-order valence-corrected chi connectivity index (χ0v) is 21.7. The van der Waals surface area contributed by atoms with Gasteiger partial charge in [0.05, 0.1) is 12.8 Å². The van der Waals surface area contributed by atoms with Crippen LogP contribution in [0.2, 0.25) is 0 Å². The maximum atomic E-state index is 11.6. The minimum atomic E-state index is -0.0419. The van der Waals surface area contributed by atoms with Gasteiger partial charge in [0.2, 0.25) is 0 Å². The number of aromatic nitrogens is 1. The van der Waals surface area contributed by atoms with Gasteiger partial charge in [-0.25, -0.2) is 0 Å². The number of nitrogens with one attached hydrogen (secondary N) is 1. The average Bonchev–Trinajstić information content (AvgIpc) is 3.19. The number of carbonyl (C=O) groups excluding carboxylic acids is 1. The third-order valence-electron chi connectivity index (χ3n) is 11.3. The van der Waals surface area contributed by atoms with E-state index in [1.54, 1.807) is 0 Å². The first kappa shape index (κ1) is 24.3. The molecule has 4 heteroatoms. The molecule has 4 saturated carbocycles. The lowest BCUT2D eigenvalue weighted by molar-refractivity contribution is -0.141. The monoisotopic (exact) mass is 466 g/mol. The Balaban J connectivity index is 1.20. The molecule has 1 aromatic heterocycles. The second-order valence-electron chi connectivity index (χ2n) is 12.6. The van der Waals surface area contributed by atoms with Gasteiger partial charge in [-0.05, 0) is 123 Å². The molecule has 4 fully saturated rings. The number of carbonyl (C=O) groups is 1. The van der Waals surface area contributed by atoms with E-state index in [0.29, 0.717) is 23.3 Å². The third-order valence-corrected chi connectivity index (χ3v) is 11.3. The van der Waals surface area contributed by atoms with E-state index in [-0.39, 0.29) is 5.97 Å². The molecule has 0 aliphatic heterocycles. The number of esters is 1. The highest BCUT2D eigenvalue weighted by Gasteiger charge is 2.59. The molecule has 1 N–H and O–H groups in total. The fourth-order valence-electron chi connectivity index (χ4n) is 9.37. The molecular formula is C30H46N2O2. The van der Waals surface area contributed by atoms with Crippen LogP contribution in [0.25, 0.3) is 0 Å². The average molecular weight is 467 g/mol. The zero-order valence-electron chi connectivity index (χ0n) is 21.7. The summed E-state index contributed by atoms with van der Waals surface area (Å²) in [4.78, 5) is 16.1. The van der Waals surface area contributed by atoms with Crippen molar-refractivity contribution >= 4 is 5.97 Å². The van der Waals surface area contributed by atoms with Crippen molar-refractivity contribution < 1.29 is 9.53 Å². The number of fused-ring (bicyclic) bond motifs is 5. The molecule has 0 radical (unpaired) electrons. The molecule has 0 bridgehead atoms. The number of methoxy groups -OCH3 is 1. The number of hydrogen-bond acceptors (Lipinski definition) is 4. The van der Waals surface area contributed by atoms with E-state index in [1.807, 2.05) is 12.3 Å². The SMILES string of the molecule is COC(=O)CCCC1CCC2C3CCC4C[C@H](NCc5ccccn5)CCC4(C)C3CCC12C. The van der Waals surface area contributed by atoms with Gasteiger partial charge >= 0.3 is 5.97 Å². The van der Waals surface area contributed by atoms with Crippen LogP contribution in [0.15, 0.2) is 24.4 Å². The van der Waals surface area contributed by atoms with E-state index in [4.69, 9.17) is 4.74 Å². The van der Waals surface area contributed by atoms with Gasteiger partial charge in [-0.15, -0.1) is 0 Å². The number of nitrogens with zero attached hydrogens (tertiary/aromatic N) is 1. The van der Waals surface area contributed by atoms with Crippen LogP contribution in [0.3, 0.4) is 0 Å². The first-order valence-corrected chi connectivity index (χ1v) is 14.1. The zero-order chi connectivity index (χ0) is 23.8. The lowest BCUT2D eigenvalue weighted by Gasteiger charge is -2.61. The van der Waals surface area contributed by atoms with Crippen molar-refractivity contribution in [2.24, 2.45) is 40.4 Å². The van der Waals surface area contributed by atoms with Gasteiger partial charge in [-0.3, -0.25) is 9.78 Å². The van der Waals surface area contributed by atoms with Crippen LogP contribution in [0.4, 0.5) is 0 Å². The second kappa shape index (κ2) is 9.91. The molecule has 4 aliphatic rings. The third kappa shape index (κ3) is 4.45. The molecule has 4 aliphatic carbocycles. The molecule has 34 heavy (non-hydrogen) atoms. The predicted molar refractivity (Wildman–Crippen MR) is 136 cm³/mol. The van der Waals surface area contributed by atoms with E-state index in [0.717, 1.165) is 48.2 Å². The van der Waals surface area contributed by atoms with E-state index < -0.39 is 0 Å². The predicted octanol–water partition coefficient (Wildman–Crippen LogP) is 6.54. The molecule has 1 aromatic rings.